The predicted octanol–water partition coefficient (Wildman–Crippen LogP) is -0.0554. The minimum absolute atomic E-state index is 0.123. The van der Waals surface area contributed by atoms with Crippen molar-refractivity contribution < 1.29 is 27.5 Å². The molecule has 1 aliphatic rings. The van der Waals surface area contributed by atoms with Crippen molar-refractivity contribution in [2.75, 3.05) is 6.61 Å². The predicted molar refractivity (Wildman–Crippen MR) is 52.5 cm³/mol. The lowest BCUT2D eigenvalue weighted by atomic mass is 10.2. The maximum atomic E-state index is 11.9. The second-order valence-corrected chi connectivity index (χ2v) is 3.84. The maximum absolute atomic E-state index is 11.9. The van der Waals surface area contributed by atoms with Crippen LogP contribution in [0.4, 0.5) is 13.2 Å². The number of hydrogen-bond donors (Lipinski definition) is 1. The number of carbonyl (C=O) groups excluding carboxylic acids is 2. The van der Waals surface area contributed by atoms with Crippen LogP contribution in [-0.4, -0.2) is 39.7 Å². The van der Waals surface area contributed by atoms with Crippen LogP contribution in [0, 0.1) is 0 Å². The van der Waals surface area contributed by atoms with E-state index in [1.165, 1.54) is 10.9 Å². The SMILES string of the molecule is O=C1OCCC1n1cc(CNC(=O)C(F)(F)F)nn1. The quantitative estimate of drug-likeness (QED) is 0.783. The molecule has 1 unspecified atom stereocenters. The Morgan fingerprint density at radius 3 is 2.89 bits per heavy atom. The second kappa shape index (κ2) is 4.86. The number of cyclic esters (lactones) is 1. The van der Waals surface area contributed by atoms with Crippen LogP contribution in [0.2, 0.25) is 0 Å². The summed E-state index contributed by atoms with van der Waals surface area (Å²) in [5.74, 6) is -2.52. The Morgan fingerprint density at radius 2 is 2.32 bits per heavy atom. The van der Waals surface area contributed by atoms with Gasteiger partial charge in [-0.3, -0.25) is 4.79 Å². The van der Waals surface area contributed by atoms with Gasteiger partial charge in [0, 0.05) is 6.42 Å². The first-order valence-corrected chi connectivity index (χ1v) is 5.30. The van der Waals surface area contributed by atoms with E-state index in [-0.39, 0.29) is 12.3 Å². The fourth-order valence-corrected chi connectivity index (χ4v) is 1.54. The van der Waals surface area contributed by atoms with Crippen LogP contribution in [0.25, 0.3) is 0 Å². The highest BCUT2D eigenvalue weighted by molar-refractivity contribution is 5.81. The summed E-state index contributed by atoms with van der Waals surface area (Å²) < 4.78 is 41.8. The first kappa shape index (κ1) is 13.3. The molecule has 0 saturated carbocycles. The topological polar surface area (TPSA) is 86.1 Å². The Hall–Kier alpha value is -2.13. The number of aromatic nitrogens is 3. The normalized spacial score (nSPS) is 19.3. The van der Waals surface area contributed by atoms with E-state index >= 15 is 0 Å². The molecule has 0 aliphatic carbocycles. The molecule has 1 aromatic rings. The van der Waals surface area contributed by atoms with E-state index in [0.717, 1.165) is 0 Å². The third-order valence-electron chi connectivity index (χ3n) is 2.47. The standard InChI is InChI=1S/C9H9F3N4O3/c10-9(11,12)8(18)13-3-5-4-16(15-14-5)6-1-2-19-7(6)17/h4,6H,1-3H2,(H,13,18). The smallest absolute Gasteiger partial charge is 0.464 e. The highest BCUT2D eigenvalue weighted by Gasteiger charge is 2.38. The molecular weight excluding hydrogens is 269 g/mol. The van der Waals surface area contributed by atoms with Crippen molar-refractivity contribution in [1.29, 1.82) is 0 Å². The van der Waals surface area contributed by atoms with Crippen LogP contribution in [0.3, 0.4) is 0 Å². The van der Waals surface area contributed by atoms with E-state index in [9.17, 15) is 22.8 Å². The fourth-order valence-electron chi connectivity index (χ4n) is 1.54. The average molecular weight is 278 g/mol. The minimum Gasteiger partial charge on any atom is -0.464 e. The van der Waals surface area contributed by atoms with Gasteiger partial charge < -0.3 is 10.1 Å². The first-order valence-electron chi connectivity index (χ1n) is 5.30. The van der Waals surface area contributed by atoms with Gasteiger partial charge in [0.05, 0.1) is 19.3 Å². The Morgan fingerprint density at radius 1 is 1.58 bits per heavy atom. The molecule has 104 valence electrons. The molecule has 1 amide bonds. The summed E-state index contributed by atoms with van der Waals surface area (Å²) in [6, 6.07) is -0.612. The molecule has 2 heterocycles. The van der Waals surface area contributed by atoms with E-state index < -0.39 is 30.6 Å². The zero-order valence-corrected chi connectivity index (χ0v) is 9.48. The summed E-state index contributed by atoms with van der Waals surface area (Å²) in [5.41, 5.74) is 0.123. The number of hydrogen-bond acceptors (Lipinski definition) is 5. The van der Waals surface area contributed by atoms with Crippen molar-refractivity contribution in [2.24, 2.45) is 0 Å². The van der Waals surface area contributed by atoms with Crippen molar-refractivity contribution in [3.8, 4) is 0 Å². The summed E-state index contributed by atoms with van der Waals surface area (Å²) >= 11 is 0. The summed E-state index contributed by atoms with van der Waals surface area (Å²) in [6.45, 7) is -0.149. The average Bonchev–Trinajstić information content (AvgIpc) is 2.92. The number of alkyl halides is 3. The molecule has 0 radical (unpaired) electrons. The number of halogens is 3. The number of ether oxygens (including phenoxy) is 1. The van der Waals surface area contributed by atoms with Gasteiger partial charge in [-0.1, -0.05) is 5.21 Å². The van der Waals surface area contributed by atoms with Crippen molar-refractivity contribution in [3.05, 3.63) is 11.9 Å². The Kier molecular flexibility index (Phi) is 3.40. The molecule has 0 aromatic carbocycles. The summed E-state index contributed by atoms with van der Waals surface area (Å²) in [7, 11) is 0. The first-order chi connectivity index (χ1) is 8.88. The fraction of sp³-hybridized carbons (Fsp3) is 0.556. The van der Waals surface area contributed by atoms with E-state index in [1.807, 2.05) is 0 Å². The van der Waals surface area contributed by atoms with Gasteiger partial charge in [-0.05, 0) is 0 Å². The zero-order valence-electron chi connectivity index (χ0n) is 9.48. The third kappa shape index (κ3) is 3.01. The Bertz CT molecular complexity index is 499. The van der Waals surface area contributed by atoms with Gasteiger partial charge >= 0.3 is 18.1 Å². The maximum Gasteiger partial charge on any atom is 0.471 e. The van der Waals surface area contributed by atoms with Crippen molar-refractivity contribution >= 4 is 11.9 Å². The molecule has 1 N–H and O–H groups in total. The monoisotopic (exact) mass is 278 g/mol. The van der Waals surface area contributed by atoms with Crippen LogP contribution >= 0.6 is 0 Å². The summed E-state index contributed by atoms with van der Waals surface area (Å²) in [5, 5.41) is 8.85. The molecular formula is C9H9F3N4O3. The van der Waals surface area contributed by atoms with Crippen LogP contribution in [0.15, 0.2) is 6.20 Å². The van der Waals surface area contributed by atoms with Crippen LogP contribution in [-0.2, 0) is 20.9 Å². The van der Waals surface area contributed by atoms with Gasteiger partial charge in [0.25, 0.3) is 0 Å². The molecule has 1 saturated heterocycles. The lowest BCUT2D eigenvalue weighted by Gasteiger charge is -2.05. The molecule has 1 aromatic heterocycles. The number of nitrogens with zero attached hydrogens (tertiary/aromatic N) is 3. The molecule has 1 aliphatic heterocycles. The lowest BCUT2D eigenvalue weighted by molar-refractivity contribution is -0.173. The Balaban J connectivity index is 1.95. The number of amides is 1. The summed E-state index contributed by atoms with van der Waals surface area (Å²) in [4.78, 5) is 21.8. The van der Waals surface area contributed by atoms with Crippen molar-refractivity contribution in [2.45, 2.75) is 25.2 Å². The molecule has 0 spiro atoms. The number of nitrogens with one attached hydrogen (secondary N) is 1. The van der Waals surface area contributed by atoms with E-state index in [1.54, 1.807) is 5.32 Å². The molecule has 2 rings (SSSR count). The highest BCUT2D eigenvalue weighted by Crippen LogP contribution is 2.19. The van der Waals surface area contributed by atoms with E-state index in [2.05, 4.69) is 10.3 Å². The van der Waals surface area contributed by atoms with Gasteiger partial charge in [-0.25, -0.2) is 9.48 Å². The molecule has 19 heavy (non-hydrogen) atoms. The molecule has 1 atom stereocenters. The lowest BCUT2D eigenvalue weighted by Crippen LogP contribution is -2.36. The van der Waals surface area contributed by atoms with Gasteiger partial charge in [-0.2, -0.15) is 13.2 Å². The molecule has 10 heteroatoms. The number of carbonyl (C=O) groups is 2. The molecule has 7 nitrogen and oxygen atoms in total. The summed E-state index contributed by atoms with van der Waals surface area (Å²) in [6.07, 6.45) is -3.21. The van der Waals surface area contributed by atoms with Crippen LogP contribution in [0.5, 0.6) is 0 Å². The van der Waals surface area contributed by atoms with Gasteiger partial charge in [0.15, 0.2) is 6.04 Å². The highest BCUT2D eigenvalue weighted by atomic mass is 19.4. The number of rotatable bonds is 3. The Labute approximate surface area is 104 Å². The zero-order chi connectivity index (χ0) is 14.0. The third-order valence-corrected chi connectivity index (χ3v) is 2.47. The molecule has 0 bridgehead atoms. The van der Waals surface area contributed by atoms with Gasteiger partial charge in [-0.15, -0.1) is 5.10 Å². The van der Waals surface area contributed by atoms with Crippen molar-refractivity contribution in [1.82, 2.24) is 20.3 Å². The minimum atomic E-state index is -4.94. The van der Waals surface area contributed by atoms with Gasteiger partial charge in [0.1, 0.15) is 5.69 Å². The number of esters is 1. The second-order valence-electron chi connectivity index (χ2n) is 3.84. The van der Waals surface area contributed by atoms with Crippen molar-refractivity contribution in [3.63, 3.8) is 0 Å². The van der Waals surface area contributed by atoms with Gasteiger partial charge in [0.2, 0.25) is 0 Å². The van der Waals surface area contributed by atoms with Crippen LogP contribution in [0.1, 0.15) is 18.2 Å². The van der Waals surface area contributed by atoms with E-state index in [4.69, 9.17) is 4.74 Å². The van der Waals surface area contributed by atoms with E-state index in [0.29, 0.717) is 6.42 Å². The van der Waals surface area contributed by atoms with Crippen LogP contribution < -0.4 is 5.32 Å². The molecule has 1 fully saturated rings. The largest absolute Gasteiger partial charge is 0.471 e.